The highest BCUT2D eigenvalue weighted by molar-refractivity contribution is 8.17. The normalized spacial score (nSPS) is 15.9. The molecule has 0 unspecified atom stereocenters. The van der Waals surface area contributed by atoms with Gasteiger partial charge in [0, 0.05) is 32.3 Å². The van der Waals surface area contributed by atoms with Crippen LogP contribution in [0.3, 0.4) is 0 Å². The van der Waals surface area contributed by atoms with Crippen LogP contribution >= 0.6 is 11.8 Å². The zero-order chi connectivity index (χ0) is 23.4. The van der Waals surface area contributed by atoms with Crippen molar-refractivity contribution in [2.24, 2.45) is 0 Å². The molecule has 0 saturated carbocycles. The monoisotopic (exact) mass is 463 g/mol. The summed E-state index contributed by atoms with van der Waals surface area (Å²) in [4.78, 5) is 25.6. The van der Waals surface area contributed by atoms with Crippen LogP contribution in [0.1, 0.15) is 35.0 Å². The molecule has 1 aromatic heterocycles. The zero-order valence-electron chi connectivity index (χ0n) is 17.6. The molecular weight excluding hydrogens is 440 g/mol. The van der Waals surface area contributed by atoms with Gasteiger partial charge in [-0.1, -0.05) is 30.8 Å². The number of hydrogen-bond donors (Lipinski definition) is 3. The van der Waals surface area contributed by atoms with Gasteiger partial charge in [0.25, 0.3) is 5.91 Å². The van der Waals surface area contributed by atoms with E-state index in [4.69, 9.17) is 10.1 Å². The van der Waals surface area contributed by atoms with Gasteiger partial charge < -0.3 is 19.7 Å². The van der Waals surface area contributed by atoms with Gasteiger partial charge in [0.1, 0.15) is 16.7 Å². The third kappa shape index (κ3) is 5.08. The average molecular weight is 464 g/mol. The summed E-state index contributed by atoms with van der Waals surface area (Å²) < 4.78 is 33.8. The Morgan fingerprint density at radius 3 is 2.81 bits per heavy atom. The lowest BCUT2D eigenvalue weighted by Gasteiger charge is -2.28. The average Bonchev–Trinajstić information content (AvgIpc) is 2.72. The molecule has 10 heteroatoms. The van der Waals surface area contributed by atoms with Crippen molar-refractivity contribution >= 4 is 22.7 Å². The van der Waals surface area contributed by atoms with Gasteiger partial charge >= 0.3 is 0 Å². The number of hydrogen-bond acceptors (Lipinski definition) is 6. The summed E-state index contributed by atoms with van der Waals surface area (Å²) in [6, 6.07) is 2.94. The van der Waals surface area contributed by atoms with Crippen molar-refractivity contribution in [3.63, 3.8) is 0 Å². The van der Waals surface area contributed by atoms with E-state index in [1.165, 1.54) is 23.9 Å². The first-order valence-electron chi connectivity index (χ1n) is 9.91. The van der Waals surface area contributed by atoms with Crippen molar-refractivity contribution < 1.29 is 23.4 Å². The van der Waals surface area contributed by atoms with Crippen LogP contribution < -0.4 is 10.7 Å². The van der Waals surface area contributed by atoms with Crippen molar-refractivity contribution in [1.29, 1.82) is 5.41 Å². The number of carbonyl (C=O) groups is 1. The molecule has 0 radical (unpaired) electrons. The van der Waals surface area contributed by atoms with E-state index in [-0.39, 0.29) is 47.5 Å². The number of allylic oxidation sites excluding steroid dienone is 2. The van der Waals surface area contributed by atoms with Crippen molar-refractivity contribution in [2.75, 3.05) is 13.7 Å². The number of ether oxygens (including phenoxy) is 1. The molecule has 1 aliphatic heterocycles. The standard InChI is InChI=1S/C22H23F2N3O4S/c1-3-4-15(7-12-5-6-13(23)8-17(12)24)32-21(25)16-10-27-9-14(11-31-2)26-22(30)18(27)20(29)19(16)28/h4-6,8,10,14,25,29H,3,7,9,11H2,1-2H3,(H,26,30)/b15-4+,25-21?/t14-/m0/s1. The fourth-order valence-corrected chi connectivity index (χ4v) is 4.44. The Kier molecular flexibility index (Phi) is 7.47. The van der Waals surface area contributed by atoms with Crippen LogP contribution in [0.4, 0.5) is 8.78 Å². The smallest absolute Gasteiger partial charge is 0.272 e. The van der Waals surface area contributed by atoms with E-state index >= 15 is 0 Å². The summed E-state index contributed by atoms with van der Waals surface area (Å²) in [7, 11) is 1.49. The van der Waals surface area contributed by atoms with E-state index in [9.17, 15) is 23.5 Å². The third-order valence-corrected chi connectivity index (χ3v) is 5.88. The Hall–Kier alpha value is -2.98. The van der Waals surface area contributed by atoms with Crippen molar-refractivity contribution in [3.05, 3.63) is 74.1 Å². The van der Waals surface area contributed by atoms with E-state index in [1.807, 2.05) is 6.92 Å². The molecule has 1 aromatic carbocycles. The van der Waals surface area contributed by atoms with Crippen LogP contribution in [0, 0.1) is 17.0 Å². The lowest BCUT2D eigenvalue weighted by molar-refractivity contribution is 0.0833. The van der Waals surface area contributed by atoms with E-state index in [0.29, 0.717) is 11.3 Å². The van der Waals surface area contributed by atoms with Gasteiger partial charge in [0.15, 0.2) is 11.4 Å². The van der Waals surface area contributed by atoms with Crippen LogP contribution in [0.2, 0.25) is 0 Å². The van der Waals surface area contributed by atoms with E-state index < -0.39 is 28.7 Å². The molecule has 1 aliphatic rings. The Labute approximate surface area is 187 Å². The summed E-state index contributed by atoms with van der Waals surface area (Å²) in [6.45, 7) is 2.37. The molecule has 0 bridgehead atoms. The molecule has 0 fully saturated rings. The highest BCUT2D eigenvalue weighted by Gasteiger charge is 2.29. The quantitative estimate of drug-likeness (QED) is 0.432. The number of nitrogens with one attached hydrogen (secondary N) is 2. The maximum Gasteiger partial charge on any atom is 0.272 e. The first kappa shape index (κ1) is 23.7. The molecule has 2 aromatic rings. The number of aromatic hydroxyl groups is 1. The summed E-state index contributed by atoms with van der Waals surface area (Å²) in [6.07, 6.45) is 3.88. The number of benzene rings is 1. The number of aromatic nitrogens is 1. The van der Waals surface area contributed by atoms with Crippen molar-refractivity contribution in [1.82, 2.24) is 9.88 Å². The van der Waals surface area contributed by atoms with Gasteiger partial charge in [-0.05, 0) is 23.0 Å². The number of thioether (sulfide) groups is 1. The van der Waals surface area contributed by atoms with E-state index in [1.54, 1.807) is 6.08 Å². The Balaban J connectivity index is 1.90. The van der Waals surface area contributed by atoms with Gasteiger partial charge in [0.05, 0.1) is 18.2 Å². The molecule has 170 valence electrons. The Morgan fingerprint density at radius 1 is 1.41 bits per heavy atom. The summed E-state index contributed by atoms with van der Waals surface area (Å²) in [5, 5.41) is 21.3. The molecule has 3 N–H and O–H groups in total. The van der Waals surface area contributed by atoms with Crippen molar-refractivity contribution in [2.45, 2.75) is 32.4 Å². The first-order chi connectivity index (χ1) is 15.2. The largest absolute Gasteiger partial charge is 0.503 e. The number of rotatable bonds is 7. The number of amides is 1. The molecule has 2 heterocycles. The van der Waals surface area contributed by atoms with Gasteiger partial charge in [-0.3, -0.25) is 15.0 Å². The lowest BCUT2D eigenvalue weighted by atomic mass is 10.1. The number of methoxy groups -OCH3 is 1. The molecule has 0 spiro atoms. The summed E-state index contributed by atoms with van der Waals surface area (Å²) >= 11 is 0.950. The molecule has 0 saturated heterocycles. The van der Waals surface area contributed by atoms with E-state index in [0.717, 1.165) is 23.9 Å². The topological polar surface area (TPSA) is 104 Å². The molecule has 3 rings (SSSR count). The molecule has 0 aliphatic carbocycles. The van der Waals surface area contributed by atoms with Crippen LogP contribution in [0.25, 0.3) is 0 Å². The second kappa shape index (κ2) is 10.1. The zero-order valence-corrected chi connectivity index (χ0v) is 18.4. The van der Waals surface area contributed by atoms with Crippen molar-refractivity contribution in [3.8, 4) is 5.75 Å². The first-order valence-corrected chi connectivity index (χ1v) is 10.7. The second-order valence-corrected chi connectivity index (χ2v) is 8.41. The second-order valence-electron chi connectivity index (χ2n) is 7.27. The third-order valence-electron chi connectivity index (χ3n) is 4.88. The Morgan fingerprint density at radius 2 is 2.16 bits per heavy atom. The van der Waals surface area contributed by atoms with Gasteiger partial charge in [-0.15, -0.1) is 0 Å². The maximum atomic E-state index is 14.1. The minimum atomic E-state index is -0.835. The highest BCUT2D eigenvalue weighted by Crippen LogP contribution is 2.27. The molecule has 1 atom stereocenters. The molecule has 7 nitrogen and oxygen atoms in total. The summed E-state index contributed by atoms with van der Waals surface area (Å²) in [5.41, 5.74) is -0.821. The number of fused-ring (bicyclic) bond motifs is 1. The molecule has 1 amide bonds. The maximum absolute atomic E-state index is 14.1. The SMILES string of the molecule is CC/C=C(\Cc1ccc(F)cc1F)SC(=N)c1cn2c(c(O)c1=O)C(=O)N[C@H](COC)C2. The van der Waals surface area contributed by atoms with Crippen LogP contribution in [-0.4, -0.2) is 40.4 Å². The van der Waals surface area contributed by atoms with Gasteiger partial charge in [0.2, 0.25) is 5.43 Å². The van der Waals surface area contributed by atoms with Crippen LogP contribution in [0.5, 0.6) is 5.75 Å². The number of halogens is 2. The molecular formula is C22H23F2N3O4S. The fourth-order valence-electron chi connectivity index (χ4n) is 3.44. The highest BCUT2D eigenvalue weighted by atomic mass is 32.2. The number of pyridine rings is 1. The minimum absolute atomic E-state index is 0.0799. The van der Waals surface area contributed by atoms with Crippen LogP contribution in [-0.2, 0) is 17.7 Å². The van der Waals surface area contributed by atoms with E-state index in [2.05, 4.69) is 5.32 Å². The van der Waals surface area contributed by atoms with Gasteiger partial charge in [-0.25, -0.2) is 8.78 Å². The minimum Gasteiger partial charge on any atom is -0.503 e. The van der Waals surface area contributed by atoms with Gasteiger partial charge in [-0.2, -0.15) is 0 Å². The fraction of sp³-hybridized carbons (Fsp3) is 0.318. The molecule has 32 heavy (non-hydrogen) atoms. The Bertz CT molecular complexity index is 1150. The predicted molar refractivity (Wildman–Crippen MR) is 118 cm³/mol. The number of nitrogens with zero attached hydrogens (tertiary/aromatic N) is 1. The van der Waals surface area contributed by atoms with Crippen LogP contribution in [0.15, 0.2) is 40.2 Å². The number of carbonyl (C=O) groups excluding carboxylic acids is 1. The summed E-state index contributed by atoms with van der Waals surface area (Å²) in [5.74, 6) is -2.70. The predicted octanol–water partition coefficient (Wildman–Crippen LogP) is 3.19. The lowest BCUT2D eigenvalue weighted by Crippen LogP contribution is -2.47.